The molecule has 134 valence electrons. The van der Waals surface area contributed by atoms with Crippen molar-refractivity contribution in [1.29, 1.82) is 0 Å². The number of urea groups is 1. The van der Waals surface area contributed by atoms with E-state index in [-0.39, 0.29) is 17.9 Å². The summed E-state index contributed by atoms with van der Waals surface area (Å²) >= 11 is 0. The standard InChI is InChI=1S/C16H21F3N2O3/c1-10-13(4-3-5-14(10)24-9-16(17,18)19)21-15(22)20-11-6-7-12(8-11)23-2/h3-5,11-12H,6-9H2,1-2H3,(H2,20,21,22). The molecule has 2 atom stereocenters. The van der Waals surface area contributed by atoms with Crippen LogP contribution in [0.25, 0.3) is 0 Å². The smallest absolute Gasteiger partial charge is 0.422 e. The van der Waals surface area contributed by atoms with Crippen LogP contribution in [0.15, 0.2) is 18.2 Å². The molecule has 0 radical (unpaired) electrons. The molecule has 0 heterocycles. The molecule has 0 saturated heterocycles. The highest BCUT2D eigenvalue weighted by Gasteiger charge is 2.29. The Morgan fingerprint density at radius 3 is 2.71 bits per heavy atom. The fourth-order valence-corrected chi connectivity index (χ4v) is 2.69. The Balaban J connectivity index is 1.93. The molecule has 24 heavy (non-hydrogen) atoms. The van der Waals surface area contributed by atoms with Crippen molar-refractivity contribution in [3.05, 3.63) is 23.8 Å². The lowest BCUT2D eigenvalue weighted by atomic mass is 10.2. The fraction of sp³-hybridized carbons (Fsp3) is 0.562. The van der Waals surface area contributed by atoms with Crippen molar-refractivity contribution in [2.24, 2.45) is 0 Å². The van der Waals surface area contributed by atoms with Gasteiger partial charge in [-0.3, -0.25) is 0 Å². The zero-order valence-electron chi connectivity index (χ0n) is 13.6. The average molecular weight is 346 g/mol. The topological polar surface area (TPSA) is 59.6 Å². The van der Waals surface area contributed by atoms with Crippen molar-refractivity contribution >= 4 is 11.7 Å². The van der Waals surface area contributed by atoms with Crippen molar-refractivity contribution < 1.29 is 27.4 Å². The van der Waals surface area contributed by atoms with Crippen LogP contribution in [-0.4, -0.2) is 38.1 Å². The van der Waals surface area contributed by atoms with Crippen molar-refractivity contribution in [2.45, 2.75) is 44.5 Å². The maximum absolute atomic E-state index is 12.3. The highest BCUT2D eigenvalue weighted by molar-refractivity contribution is 5.90. The molecule has 5 nitrogen and oxygen atoms in total. The van der Waals surface area contributed by atoms with Gasteiger partial charge in [0.1, 0.15) is 5.75 Å². The number of halogens is 3. The Bertz CT molecular complexity index is 578. The summed E-state index contributed by atoms with van der Waals surface area (Å²) in [5, 5.41) is 5.50. The van der Waals surface area contributed by atoms with Crippen molar-refractivity contribution in [2.75, 3.05) is 19.0 Å². The molecule has 1 saturated carbocycles. The van der Waals surface area contributed by atoms with E-state index in [1.54, 1.807) is 20.1 Å². The van der Waals surface area contributed by atoms with Crippen LogP contribution in [0, 0.1) is 6.92 Å². The second-order valence-electron chi connectivity index (χ2n) is 5.80. The molecular formula is C16H21F3N2O3. The molecule has 0 aromatic heterocycles. The Morgan fingerprint density at radius 1 is 1.33 bits per heavy atom. The van der Waals surface area contributed by atoms with Gasteiger partial charge in [0.05, 0.1) is 6.10 Å². The Kier molecular flexibility index (Phi) is 5.93. The van der Waals surface area contributed by atoms with E-state index in [1.165, 1.54) is 12.1 Å². The second-order valence-corrected chi connectivity index (χ2v) is 5.80. The third-order valence-corrected chi connectivity index (χ3v) is 3.98. The van der Waals surface area contributed by atoms with Crippen LogP contribution in [0.4, 0.5) is 23.7 Å². The number of carbonyl (C=O) groups is 1. The molecule has 0 bridgehead atoms. The number of carbonyl (C=O) groups excluding carboxylic acids is 1. The average Bonchev–Trinajstić information content (AvgIpc) is 2.94. The molecule has 8 heteroatoms. The van der Waals surface area contributed by atoms with Gasteiger partial charge in [0, 0.05) is 24.4 Å². The number of benzene rings is 1. The van der Waals surface area contributed by atoms with Gasteiger partial charge in [-0.2, -0.15) is 13.2 Å². The maximum atomic E-state index is 12.3. The van der Waals surface area contributed by atoms with E-state index in [4.69, 9.17) is 9.47 Å². The molecule has 2 amide bonds. The minimum Gasteiger partial charge on any atom is -0.484 e. The minimum atomic E-state index is -4.41. The van der Waals surface area contributed by atoms with Crippen LogP contribution in [0.2, 0.25) is 0 Å². The number of alkyl halides is 3. The first-order valence-electron chi connectivity index (χ1n) is 7.68. The van der Waals surface area contributed by atoms with E-state index >= 15 is 0 Å². The molecule has 1 aromatic carbocycles. The van der Waals surface area contributed by atoms with E-state index in [0.717, 1.165) is 19.3 Å². The first-order chi connectivity index (χ1) is 11.3. The van der Waals surface area contributed by atoms with E-state index in [0.29, 0.717) is 11.3 Å². The van der Waals surface area contributed by atoms with Gasteiger partial charge in [-0.15, -0.1) is 0 Å². The molecule has 1 aromatic rings. The zero-order valence-corrected chi connectivity index (χ0v) is 13.6. The van der Waals surface area contributed by atoms with Crippen LogP contribution in [0.3, 0.4) is 0 Å². The summed E-state index contributed by atoms with van der Waals surface area (Å²) < 4.78 is 46.8. The van der Waals surface area contributed by atoms with Gasteiger partial charge >= 0.3 is 12.2 Å². The summed E-state index contributed by atoms with van der Waals surface area (Å²) in [4.78, 5) is 12.1. The number of rotatable bonds is 5. The number of hydrogen-bond donors (Lipinski definition) is 2. The molecule has 1 aliphatic carbocycles. The zero-order chi connectivity index (χ0) is 17.7. The highest BCUT2D eigenvalue weighted by atomic mass is 19.4. The number of methoxy groups -OCH3 is 1. The van der Waals surface area contributed by atoms with Gasteiger partial charge in [-0.25, -0.2) is 4.79 Å². The predicted molar refractivity (Wildman–Crippen MR) is 83.3 cm³/mol. The molecule has 1 aliphatic rings. The molecule has 1 fully saturated rings. The number of hydrogen-bond acceptors (Lipinski definition) is 3. The Hall–Kier alpha value is -1.96. The van der Waals surface area contributed by atoms with E-state index in [2.05, 4.69) is 10.6 Å². The van der Waals surface area contributed by atoms with Crippen LogP contribution in [0.5, 0.6) is 5.75 Å². The molecule has 2 unspecified atom stereocenters. The highest BCUT2D eigenvalue weighted by Crippen LogP contribution is 2.27. The molecule has 0 spiro atoms. The van der Waals surface area contributed by atoms with Crippen LogP contribution < -0.4 is 15.4 Å². The molecule has 0 aliphatic heterocycles. The molecular weight excluding hydrogens is 325 g/mol. The predicted octanol–water partition coefficient (Wildman–Crippen LogP) is 3.63. The minimum absolute atomic E-state index is 0.0277. The summed E-state index contributed by atoms with van der Waals surface area (Å²) in [7, 11) is 1.64. The first kappa shape index (κ1) is 18.4. The quantitative estimate of drug-likeness (QED) is 0.856. The maximum Gasteiger partial charge on any atom is 0.422 e. The van der Waals surface area contributed by atoms with Crippen molar-refractivity contribution in [1.82, 2.24) is 5.32 Å². The van der Waals surface area contributed by atoms with E-state index in [1.807, 2.05) is 0 Å². The van der Waals surface area contributed by atoms with Gasteiger partial charge in [0.2, 0.25) is 0 Å². The lowest BCUT2D eigenvalue weighted by molar-refractivity contribution is -0.153. The van der Waals surface area contributed by atoms with Crippen LogP contribution >= 0.6 is 0 Å². The van der Waals surface area contributed by atoms with Gasteiger partial charge in [0.15, 0.2) is 6.61 Å². The van der Waals surface area contributed by atoms with E-state index < -0.39 is 18.8 Å². The van der Waals surface area contributed by atoms with Gasteiger partial charge in [-0.1, -0.05) is 6.07 Å². The third kappa shape index (κ3) is 5.30. The molecule has 2 N–H and O–H groups in total. The van der Waals surface area contributed by atoms with Gasteiger partial charge in [0.25, 0.3) is 0 Å². The normalized spacial score (nSPS) is 20.7. The SMILES string of the molecule is COC1CCC(NC(=O)Nc2cccc(OCC(F)(F)F)c2C)C1. The molecule has 2 rings (SSSR count). The number of ether oxygens (including phenoxy) is 2. The van der Waals surface area contributed by atoms with Crippen molar-refractivity contribution in [3.8, 4) is 5.75 Å². The monoisotopic (exact) mass is 346 g/mol. The number of amides is 2. The summed E-state index contributed by atoms with van der Waals surface area (Å²) in [6, 6.07) is 4.21. The van der Waals surface area contributed by atoms with Crippen molar-refractivity contribution in [3.63, 3.8) is 0 Å². The second kappa shape index (κ2) is 7.74. The Labute approximate surface area is 138 Å². The summed E-state index contributed by atoms with van der Waals surface area (Å²) in [5.41, 5.74) is 0.853. The third-order valence-electron chi connectivity index (χ3n) is 3.98. The first-order valence-corrected chi connectivity index (χ1v) is 7.68. The summed E-state index contributed by atoms with van der Waals surface area (Å²) in [6.45, 7) is 0.224. The fourth-order valence-electron chi connectivity index (χ4n) is 2.69. The number of anilines is 1. The largest absolute Gasteiger partial charge is 0.484 e. The van der Waals surface area contributed by atoms with Gasteiger partial charge < -0.3 is 20.1 Å². The van der Waals surface area contributed by atoms with Crippen LogP contribution in [0.1, 0.15) is 24.8 Å². The lowest BCUT2D eigenvalue weighted by Crippen LogP contribution is -2.36. The summed E-state index contributed by atoms with van der Waals surface area (Å²) in [5.74, 6) is 0.0884. The van der Waals surface area contributed by atoms with Crippen LogP contribution in [-0.2, 0) is 4.74 Å². The van der Waals surface area contributed by atoms with E-state index in [9.17, 15) is 18.0 Å². The summed E-state index contributed by atoms with van der Waals surface area (Å²) in [6.07, 6.45) is -1.79. The number of nitrogens with one attached hydrogen (secondary N) is 2. The Morgan fingerprint density at radius 2 is 2.08 bits per heavy atom. The lowest BCUT2D eigenvalue weighted by Gasteiger charge is -2.17. The van der Waals surface area contributed by atoms with Gasteiger partial charge in [-0.05, 0) is 38.3 Å².